The van der Waals surface area contributed by atoms with E-state index in [4.69, 9.17) is 10.00 Å². The summed E-state index contributed by atoms with van der Waals surface area (Å²) >= 11 is 0. The van der Waals surface area contributed by atoms with Crippen molar-refractivity contribution < 1.29 is 17.9 Å². The minimum Gasteiger partial charge on any atom is -0.444 e. The number of ether oxygens (including phenoxy) is 1. The Labute approximate surface area is 155 Å². The first-order chi connectivity index (χ1) is 12.1. The molecule has 0 radical (unpaired) electrons. The number of carbonyl (C=O) groups excluding carboxylic acids is 1. The highest BCUT2D eigenvalue weighted by Gasteiger charge is 2.37. The summed E-state index contributed by atoms with van der Waals surface area (Å²) in [5.74, 6) is 0. The Morgan fingerprint density at radius 2 is 1.88 bits per heavy atom. The number of nitrogens with zero attached hydrogens (tertiary/aromatic N) is 3. The van der Waals surface area contributed by atoms with Gasteiger partial charge in [-0.3, -0.25) is 0 Å². The maximum Gasteiger partial charge on any atom is 0.410 e. The van der Waals surface area contributed by atoms with E-state index in [0.29, 0.717) is 12.0 Å². The second-order valence-corrected chi connectivity index (χ2v) is 9.17. The number of carbonyl (C=O) groups is 1. The standard InChI is InChI=1S/C18H25N3O4S/c1-5-15-13-20(10-11-21(15)17(22)25-18(2,3)4)26(23,24)16-8-6-14(12-19)7-9-16/h6-9,15H,5,10-11,13H2,1-4H3. The molecule has 1 aromatic rings. The monoisotopic (exact) mass is 379 g/mol. The number of rotatable bonds is 3. The molecule has 26 heavy (non-hydrogen) atoms. The van der Waals surface area contributed by atoms with Crippen LogP contribution in [0.3, 0.4) is 0 Å². The molecule has 1 aliphatic rings. The van der Waals surface area contributed by atoms with Gasteiger partial charge in [0.15, 0.2) is 0 Å². The summed E-state index contributed by atoms with van der Waals surface area (Å²) in [6.45, 7) is 8.03. The Kier molecular flexibility index (Phi) is 5.94. The fourth-order valence-electron chi connectivity index (χ4n) is 2.81. The van der Waals surface area contributed by atoms with E-state index < -0.39 is 21.7 Å². The van der Waals surface area contributed by atoms with Gasteiger partial charge < -0.3 is 9.64 Å². The van der Waals surface area contributed by atoms with Crippen molar-refractivity contribution >= 4 is 16.1 Å². The number of nitriles is 1. The zero-order valence-corrected chi connectivity index (χ0v) is 16.4. The lowest BCUT2D eigenvalue weighted by molar-refractivity contribution is 0.00569. The molecule has 8 heteroatoms. The van der Waals surface area contributed by atoms with Gasteiger partial charge in [0.25, 0.3) is 0 Å². The third kappa shape index (κ3) is 4.54. The highest BCUT2D eigenvalue weighted by Crippen LogP contribution is 2.23. The van der Waals surface area contributed by atoms with Crippen LogP contribution < -0.4 is 0 Å². The second-order valence-electron chi connectivity index (χ2n) is 7.24. The van der Waals surface area contributed by atoms with E-state index in [1.54, 1.807) is 25.7 Å². The van der Waals surface area contributed by atoms with Crippen LogP contribution in [-0.4, -0.2) is 55.0 Å². The van der Waals surface area contributed by atoms with Gasteiger partial charge in [0.1, 0.15) is 5.60 Å². The highest BCUT2D eigenvalue weighted by molar-refractivity contribution is 7.89. The lowest BCUT2D eigenvalue weighted by Crippen LogP contribution is -2.57. The van der Waals surface area contributed by atoms with Crippen LogP contribution in [-0.2, 0) is 14.8 Å². The van der Waals surface area contributed by atoms with Crippen molar-refractivity contribution in [1.29, 1.82) is 5.26 Å². The number of sulfonamides is 1. The third-order valence-corrected chi connectivity index (χ3v) is 6.05. The molecule has 1 saturated heterocycles. The van der Waals surface area contributed by atoms with Gasteiger partial charge in [-0.25, -0.2) is 13.2 Å². The van der Waals surface area contributed by atoms with Crippen molar-refractivity contribution in [3.63, 3.8) is 0 Å². The van der Waals surface area contributed by atoms with Crippen LogP contribution in [0.4, 0.5) is 4.79 Å². The summed E-state index contributed by atoms with van der Waals surface area (Å²) in [6.07, 6.45) is 0.207. The van der Waals surface area contributed by atoms with Crippen molar-refractivity contribution in [3.05, 3.63) is 29.8 Å². The zero-order chi connectivity index (χ0) is 19.5. The molecule has 1 unspecified atom stereocenters. The van der Waals surface area contributed by atoms with Crippen LogP contribution in [0.5, 0.6) is 0 Å². The molecule has 0 aliphatic carbocycles. The summed E-state index contributed by atoms with van der Waals surface area (Å²) in [4.78, 5) is 14.1. The zero-order valence-electron chi connectivity index (χ0n) is 15.6. The van der Waals surface area contributed by atoms with Gasteiger partial charge in [-0.05, 0) is 51.5 Å². The molecule has 2 rings (SSSR count). The molecule has 1 heterocycles. The van der Waals surface area contributed by atoms with Crippen LogP contribution in [0.2, 0.25) is 0 Å². The third-order valence-electron chi connectivity index (χ3n) is 4.17. The van der Waals surface area contributed by atoms with Gasteiger partial charge in [0.2, 0.25) is 10.0 Å². The normalized spacial score (nSPS) is 19.0. The Morgan fingerprint density at radius 3 is 2.38 bits per heavy atom. The summed E-state index contributed by atoms with van der Waals surface area (Å²) in [5, 5.41) is 8.85. The molecule has 1 fully saturated rings. The molecule has 1 aromatic carbocycles. The quantitative estimate of drug-likeness (QED) is 0.805. The molecule has 0 saturated carbocycles. The lowest BCUT2D eigenvalue weighted by atomic mass is 10.1. The predicted molar refractivity (Wildman–Crippen MR) is 96.9 cm³/mol. The number of hydrogen-bond acceptors (Lipinski definition) is 5. The first-order valence-electron chi connectivity index (χ1n) is 8.58. The van der Waals surface area contributed by atoms with Crippen LogP contribution >= 0.6 is 0 Å². The maximum absolute atomic E-state index is 12.9. The fourth-order valence-corrected chi connectivity index (χ4v) is 4.27. The van der Waals surface area contributed by atoms with E-state index in [9.17, 15) is 13.2 Å². The Hall–Kier alpha value is -2.11. The minimum absolute atomic E-state index is 0.150. The van der Waals surface area contributed by atoms with Gasteiger partial charge in [0.05, 0.1) is 16.5 Å². The van der Waals surface area contributed by atoms with Gasteiger partial charge >= 0.3 is 6.09 Å². The Balaban J connectivity index is 2.16. The number of hydrogen-bond donors (Lipinski definition) is 0. The molecule has 0 aromatic heterocycles. The van der Waals surface area contributed by atoms with Crippen molar-refractivity contribution in [1.82, 2.24) is 9.21 Å². The van der Waals surface area contributed by atoms with E-state index >= 15 is 0 Å². The SMILES string of the molecule is CCC1CN(S(=O)(=O)c2ccc(C#N)cc2)CCN1C(=O)OC(C)(C)C. The summed E-state index contributed by atoms with van der Waals surface area (Å²) < 4.78 is 32.5. The van der Waals surface area contributed by atoms with Crippen LogP contribution in [0.1, 0.15) is 39.7 Å². The van der Waals surface area contributed by atoms with Gasteiger partial charge in [-0.1, -0.05) is 6.92 Å². The average Bonchev–Trinajstić information content (AvgIpc) is 2.59. The Morgan fingerprint density at radius 1 is 1.27 bits per heavy atom. The molecule has 142 valence electrons. The molecular formula is C18H25N3O4S. The number of amides is 1. The molecule has 0 bridgehead atoms. The summed E-state index contributed by atoms with van der Waals surface area (Å²) in [6, 6.07) is 7.58. The number of benzene rings is 1. The van der Waals surface area contributed by atoms with Crippen LogP contribution in [0.15, 0.2) is 29.2 Å². The topological polar surface area (TPSA) is 90.7 Å². The summed E-state index contributed by atoms with van der Waals surface area (Å²) in [7, 11) is -3.67. The largest absolute Gasteiger partial charge is 0.444 e. The van der Waals surface area contributed by atoms with Gasteiger partial charge in [0, 0.05) is 25.7 Å². The number of piperazine rings is 1. The summed E-state index contributed by atoms with van der Waals surface area (Å²) in [5.41, 5.74) is -0.189. The van der Waals surface area contributed by atoms with Crippen molar-refractivity contribution in [3.8, 4) is 6.07 Å². The predicted octanol–water partition coefficient (Wildman–Crippen LogP) is 2.58. The van der Waals surface area contributed by atoms with Crippen molar-refractivity contribution in [2.45, 2.75) is 50.7 Å². The molecule has 0 N–H and O–H groups in total. The minimum atomic E-state index is -3.67. The average molecular weight is 379 g/mol. The fraction of sp³-hybridized carbons (Fsp3) is 0.556. The van der Waals surface area contributed by atoms with Gasteiger partial charge in [-0.2, -0.15) is 9.57 Å². The molecule has 1 amide bonds. The van der Waals surface area contributed by atoms with Crippen LogP contribution in [0, 0.1) is 11.3 Å². The molecule has 1 atom stereocenters. The van der Waals surface area contributed by atoms with Gasteiger partial charge in [-0.15, -0.1) is 0 Å². The van der Waals surface area contributed by atoms with Crippen molar-refractivity contribution in [2.75, 3.05) is 19.6 Å². The molecule has 0 spiro atoms. The maximum atomic E-state index is 12.9. The van der Waals surface area contributed by atoms with Crippen LogP contribution in [0.25, 0.3) is 0 Å². The smallest absolute Gasteiger partial charge is 0.410 e. The van der Waals surface area contributed by atoms with E-state index in [-0.39, 0.29) is 30.6 Å². The van der Waals surface area contributed by atoms with E-state index in [1.165, 1.54) is 28.6 Å². The Bertz CT molecular complexity index is 791. The second kappa shape index (κ2) is 7.64. The van der Waals surface area contributed by atoms with E-state index in [2.05, 4.69) is 0 Å². The van der Waals surface area contributed by atoms with Crippen molar-refractivity contribution in [2.24, 2.45) is 0 Å². The molecular weight excluding hydrogens is 354 g/mol. The van der Waals surface area contributed by atoms with E-state index in [0.717, 1.165) is 0 Å². The first kappa shape index (κ1) is 20.2. The molecule has 7 nitrogen and oxygen atoms in total. The first-order valence-corrected chi connectivity index (χ1v) is 10.0. The lowest BCUT2D eigenvalue weighted by Gasteiger charge is -2.40. The molecule has 1 aliphatic heterocycles. The van der Waals surface area contributed by atoms with E-state index in [1.807, 2.05) is 13.0 Å². The highest BCUT2D eigenvalue weighted by atomic mass is 32.2.